The third-order valence-corrected chi connectivity index (χ3v) is 3.57. The van der Waals surface area contributed by atoms with Gasteiger partial charge in [0.1, 0.15) is 17.3 Å². The second-order valence-corrected chi connectivity index (χ2v) is 5.41. The number of aromatic amines is 1. The van der Waals surface area contributed by atoms with E-state index >= 15 is 0 Å². The molecule has 1 heterocycles. The summed E-state index contributed by atoms with van der Waals surface area (Å²) in [4.78, 5) is 21.7. The molecule has 116 valence electrons. The number of aromatic nitrogens is 2. The highest BCUT2D eigenvalue weighted by atomic mass is 19.1. The van der Waals surface area contributed by atoms with E-state index in [1.54, 1.807) is 6.20 Å². The van der Waals surface area contributed by atoms with Crippen LogP contribution in [-0.4, -0.2) is 29.8 Å². The van der Waals surface area contributed by atoms with E-state index in [9.17, 15) is 9.18 Å². The van der Waals surface area contributed by atoms with Gasteiger partial charge in [0.05, 0.1) is 0 Å². The van der Waals surface area contributed by atoms with Crippen LogP contribution >= 0.6 is 0 Å². The Balaban J connectivity index is 1.85. The summed E-state index contributed by atoms with van der Waals surface area (Å²) in [5.74, 6) is 0.0171. The van der Waals surface area contributed by atoms with Gasteiger partial charge >= 0.3 is 0 Å². The van der Waals surface area contributed by atoms with Crippen molar-refractivity contribution in [3.05, 3.63) is 71.8 Å². The van der Waals surface area contributed by atoms with Crippen LogP contribution < -0.4 is 4.90 Å². The summed E-state index contributed by atoms with van der Waals surface area (Å²) in [6, 6.07) is 13.3. The Kier molecular flexibility index (Phi) is 3.93. The van der Waals surface area contributed by atoms with Crippen LogP contribution in [0.5, 0.6) is 0 Å². The smallest absolute Gasteiger partial charge is 0.212 e. The number of nitrogens with zero attached hydrogens (tertiary/aromatic N) is 2. The van der Waals surface area contributed by atoms with Gasteiger partial charge in [0, 0.05) is 37.1 Å². The van der Waals surface area contributed by atoms with Crippen LogP contribution in [0.15, 0.2) is 54.7 Å². The molecule has 0 aliphatic carbocycles. The van der Waals surface area contributed by atoms with E-state index in [1.165, 1.54) is 24.3 Å². The zero-order valence-electron chi connectivity index (χ0n) is 12.9. The Labute approximate surface area is 133 Å². The van der Waals surface area contributed by atoms with Crippen molar-refractivity contribution in [2.75, 3.05) is 19.0 Å². The number of hydrogen-bond donors (Lipinski definition) is 1. The fraction of sp³-hybridized carbons (Fsp3) is 0.111. The lowest BCUT2D eigenvalue weighted by atomic mass is 10.1. The summed E-state index contributed by atoms with van der Waals surface area (Å²) in [6.07, 6.45) is 1.57. The molecule has 0 aliphatic rings. The van der Waals surface area contributed by atoms with Gasteiger partial charge in [0.15, 0.2) is 0 Å². The fourth-order valence-electron chi connectivity index (χ4n) is 2.25. The molecule has 0 atom stereocenters. The predicted molar refractivity (Wildman–Crippen MR) is 88.2 cm³/mol. The number of nitrogens with one attached hydrogen (secondary N) is 1. The lowest BCUT2D eigenvalue weighted by Gasteiger charge is -2.12. The minimum absolute atomic E-state index is 0.239. The minimum atomic E-state index is -0.370. The van der Waals surface area contributed by atoms with Crippen LogP contribution in [0, 0.1) is 5.82 Å². The Morgan fingerprint density at radius 3 is 2.30 bits per heavy atom. The topological polar surface area (TPSA) is 49.0 Å². The number of rotatable bonds is 4. The molecule has 4 nitrogen and oxygen atoms in total. The first-order valence-corrected chi connectivity index (χ1v) is 7.18. The maximum Gasteiger partial charge on any atom is 0.212 e. The molecule has 3 rings (SSSR count). The van der Waals surface area contributed by atoms with Gasteiger partial charge in [-0.3, -0.25) is 4.79 Å². The predicted octanol–water partition coefficient (Wildman–Crippen LogP) is 3.51. The summed E-state index contributed by atoms with van der Waals surface area (Å²) in [5, 5.41) is 0. The number of ketones is 1. The first kappa shape index (κ1) is 15.0. The maximum absolute atomic E-state index is 12.9. The average Bonchev–Trinajstić information content (AvgIpc) is 3.05. The van der Waals surface area contributed by atoms with Gasteiger partial charge in [-0.1, -0.05) is 0 Å². The Hall–Kier alpha value is -2.95. The molecular formula is C18H16FN3O. The van der Waals surface area contributed by atoms with Crippen LogP contribution in [0.25, 0.3) is 11.4 Å². The molecule has 23 heavy (non-hydrogen) atoms. The monoisotopic (exact) mass is 309 g/mol. The summed E-state index contributed by atoms with van der Waals surface area (Å²) in [7, 11) is 3.95. The molecule has 0 spiro atoms. The van der Waals surface area contributed by atoms with E-state index in [2.05, 4.69) is 9.97 Å². The molecule has 0 amide bonds. The first-order valence-electron chi connectivity index (χ1n) is 7.18. The van der Waals surface area contributed by atoms with Gasteiger partial charge in [-0.05, 0) is 48.5 Å². The summed E-state index contributed by atoms with van der Waals surface area (Å²) >= 11 is 0. The molecule has 2 aromatic carbocycles. The largest absolute Gasteiger partial charge is 0.378 e. The van der Waals surface area contributed by atoms with Crippen molar-refractivity contribution in [1.29, 1.82) is 0 Å². The number of halogens is 1. The van der Waals surface area contributed by atoms with Gasteiger partial charge in [-0.25, -0.2) is 9.37 Å². The highest BCUT2D eigenvalue weighted by Gasteiger charge is 2.13. The molecule has 1 aromatic heterocycles. The fourth-order valence-corrected chi connectivity index (χ4v) is 2.25. The Morgan fingerprint density at radius 1 is 1.04 bits per heavy atom. The van der Waals surface area contributed by atoms with Crippen LogP contribution in [-0.2, 0) is 0 Å². The molecule has 1 N–H and O–H groups in total. The molecule has 0 bridgehead atoms. The van der Waals surface area contributed by atoms with Crippen molar-refractivity contribution >= 4 is 11.5 Å². The van der Waals surface area contributed by atoms with Crippen molar-refractivity contribution in [2.45, 2.75) is 0 Å². The molecule has 0 saturated carbocycles. The standard InChI is InChI=1S/C18H16FN3O/c1-22(2)15-9-5-13(6-10-15)18-20-11-16(21-18)17(23)12-3-7-14(19)8-4-12/h3-11H,1-2H3,(H,20,21). The second kappa shape index (κ2) is 6.04. The molecule has 0 saturated heterocycles. The number of imidazole rings is 1. The van der Waals surface area contributed by atoms with Gasteiger partial charge in [-0.2, -0.15) is 0 Å². The molecule has 0 fully saturated rings. The molecular weight excluding hydrogens is 293 g/mol. The van der Waals surface area contributed by atoms with Crippen LogP contribution in [0.1, 0.15) is 16.1 Å². The van der Waals surface area contributed by atoms with E-state index < -0.39 is 0 Å². The van der Waals surface area contributed by atoms with Gasteiger partial charge in [0.25, 0.3) is 0 Å². The first-order chi connectivity index (χ1) is 11.0. The summed E-state index contributed by atoms with van der Waals surface area (Å²) in [6.45, 7) is 0. The minimum Gasteiger partial charge on any atom is -0.378 e. The number of carbonyl (C=O) groups is 1. The van der Waals surface area contributed by atoms with Crippen molar-refractivity contribution in [3.8, 4) is 11.4 Å². The second-order valence-electron chi connectivity index (χ2n) is 5.41. The lowest BCUT2D eigenvalue weighted by molar-refractivity contribution is 0.103. The van der Waals surface area contributed by atoms with Crippen molar-refractivity contribution in [3.63, 3.8) is 0 Å². The number of anilines is 1. The maximum atomic E-state index is 12.9. The number of benzene rings is 2. The molecule has 0 unspecified atom stereocenters. The zero-order valence-corrected chi connectivity index (χ0v) is 12.9. The van der Waals surface area contributed by atoms with Crippen molar-refractivity contribution in [2.24, 2.45) is 0 Å². The highest BCUT2D eigenvalue weighted by Crippen LogP contribution is 2.20. The van der Waals surface area contributed by atoms with E-state index in [1.807, 2.05) is 43.3 Å². The van der Waals surface area contributed by atoms with Crippen LogP contribution in [0.4, 0.5) is 10.1 Å². The molecule has 0 aliphatic heterocycles. The van der Waals surface area contributed by atoms with Gasteiger partial charge in [-0.15, -0.1) is 0 Å². The van der Waals surface area contributed by atoms with Gasteiger partial charge < -0.3 is 9.88 Å². The average molecular weight is 309 g/mol. The highest BCUT2D eigenvalue weighted by molar-refractivity contribution is 6.07. The van der Waals surface area contributed by atoms with E-state index in [4.69, 9.17) is 0 Å². The van der Waals surface area contributed by atoms with Crippen molar-refractivity contribution in [1.82, 2.24) is 9.97 Å². The molecule has 5 heteroatoms. The number of H-pyrrole nitrogens is 1. The summed E-state index contributed by atoms with van der Waals surface area (Å²) < 4.78 is 12.9. The normalized spacial score (nSPS) is 10.6. The third kappa shape index (κ3) is 3.13. The molecule has 3 aromatic rings. The van der Waals surface area contributed by atoms with Gasteiger partial charge in [0.2, 0.25) is 5.78 Å². The molecule has 0 radical (unpaired) electrons. The van der Waals surface area contributed by atoms with E-state index in [0.29, 0.717) is 17.1 Å². The number of hydrogen-bond acceptors (Lipinski definition) is 3. The zero-order chi connectivity index (χ0) is 16.4. The summed E-state index contributed by atoms with van der Waals surface area (Å²) in [5.41, 5.74) is 2.70. The third-order valence-electron chi connectivity index (χ3n) is 3.57. The Morgan fingerprint density at radius 2 is 1.70 bits per heavy atom. The number of carbonyl (C=O) groups excluding carboxylic acids is 1. The Bertz CT molecular complexity index is 820. The lowest BCUT2D eigenvalue weighted by Crippen LogP contribution is -2.07. The van der Waals surface area contributed by atoms with E-state index in [-0.39, 0.29) is 11.6 Å². The van der Waals surface area contributed by atoms with E-state index in [0.717, 1.165) is 11.3 Å². The van der Waals surface area contributed by atoms with Crippen LogP contribution in [0.3, 0.4) is 0 Å². The van der Waals surface area contributed by atoms with Crippen molar-refractivity contribution < 1.29 is 9.18 Å². The SMILES string of the molecule is CN(C)c1ccc(-c2nc(C(=O)c3ccc(F)cc3)c[nH]2)cc1. The van der Waals surface area contributed by atoms with Crippen LogP contribution in [0.2, 0.25) is 0 Å². The quantitative estimate of drug-likeness (QED) is 0.750.